The molecule has 0 N–H and O–H groups in total. The van der Waals surface area contributed by atoms with Crippen LogP contribution in [0.2, 0.25) is 0 Å². The molecule has 2 heteroatoms. The molecule has 2 heterocycles. The van der Waals surface area contributed by atoms with Gasteiger partial charge in [-0.3, -0.25) is 0 Å². The maximum Gasteiger partial charge on any atom is 0.136 e. The lowest BCUT2D eigenvalue weighted by atomic mass is 9.87. The van der Waals surface area contributed by atoms with Gasteiger partial charge in [0.15, 0.2) is 0 Å². The molecule has 0 unspecified atom stereocenters. The Kier molecular flexibility index (Phi) is 4.16. The van der Waals surface area contributed by atoms with Gasteiger partial charge in [-0.1, -0.05) is 97.1 Å². The van der Waals surface area contributed by atoms with Crippen molar-refractivity contribution in [3.63, 3.8) is 0 Å². The summed E-state index contributed by atoms with van der Waals surface area (Å²) in [6.45, 7) is 0. The Hall–Kier alpha value is -4.40. The standard InChI is InChI=1S/C34H20OS/c1-2-10-21(11-3-1)32-22-12-4-6-14-24(22)33(25-15-7-5-13-23(25)32)29-20-27-28(35-29)18-19-31-34(27)26-16-8-9-17-30(26)36-31/h1-20H. The molecule has 0 aliphatic heterocycles. The van der Waals surface area contributed by atoms with Crippen LogP contribution in [0.15, 0.2) is 126 Å². The van der Waals surface area contributed by atoms with Crippen LogP contribution in [-0.2, 0) is 0 Å². The summed E-state index contributed by atoms with van der Waals surface area (Å²) in [6.07, 6.45) is 0. The third-order valence-corrected chi connectivity index (χ3v) is 8.42. The van der Waals surface area contributed by atoms with Crippen molar-refractivity contribution in [2.24, 2.45) is 0 Å². The highest BCUT2D eigenvalue weighted by atomic mass is 32.1. The van der Waals surface area contributed by atoms with E-state index < -0.39 is 0 Å². The molecule has 2 aromatic heterocycles. The van der Waals surface area contributed by atoms with E-state index in [4.69, 9.17) is 4.42 Å². The van der Waals surface area contributed by atoms with Crippen LogP contribution in [0.3, 0.4) is 0 Å². The fraction of sp³-hybridized carbons (Fsp3) is 0. The van der Waals surface area contributed by atoms with E-state index >= 15 is 0 Å². The predicted octanol–water partition coefficient (Wildman–Crippen LogP) is 10.4. The Morgan fingerprint density at radius 3 is 1.72 bits per heavy atom. The second-order valence-electron chi connectivity index (χ2n) is 9.27. The summed E-state index contributed by atoms with van der Waals surface area (Å²) in [7, 11) is 0. The van der Waals surface area contributed by atoms with Crippen molar-refractivity contribution in [3.8, 4) is 22.5 Å². The second-order valence-corrected chi connectivity index (χ2v) is 10.4. The van der Waals surface area contributed by atoms with Crippen molar-refractivity contribution < 1.29 is 4.42 Å². The quantitative estimate of drug-likeness (QED) is 0.226. The van der Waals surface area contributed by atoms with Gasteiger partial charge in [-0.05, 0) is 56.9 Å². The smallest absolute Gasteiger partial charge is 0.136 e. The summed E-state index contributed by atoms with van der Waals surface area (Å²) < 4.78 is 9.25. The van der Waals surface area contributed by atoms with Crippen LogP contribution < -0.4 is 0 Å². The van der Waals surface area contributed by atoms with Crippen molar-refractivity contribution in [1.82, 2.24) is 0 Å². The first-order chi connectivity index (χ1) is 17.9. The Labute approximate surface area is 211 Å². The fourth-order valence-electron chi connectivity index (χ4n) is 5.77. The van der Waals surface area contributed by atoms with Crippen molar-refractivity contribution in [1.29, 1.82) is 0 Å². The van der Waals surface area contributed by atoms with E-state index in [1.165, 1.54) is 58.2 Å². The first kappa shape index (κ1) is 19.9. The average molecular weight is 477 g/mol. The van der Waals surface area contributed by atoms with E-state index in [1.54, 1.807) is 0 Å². The maximum absolute atomic E-state index is 6.65. The minimum atomic E-state index is 0.916. The van der Waals surface area contributed by atoms with Gasteiger partial charge in [0.1, 0.15) is 11.3 Å². The van der Waals surface area contributed by atoms with Gasteiger partial charge >= 0.3 is 0 Å². The van der Waals surface area contributed by atoms with E-state index in [9.17, 15) is 0 Å². The molecule has 36 heavy (non-hydrogen) atoms. The highest BCUT2D eigenvalue weighted by Crippen LogP contribution is 2.46. The van der Waals surface area contributed by atoms with Crippen LogP contribution in [0.5, 0.6) is 0 Å². The van der Waals surface area contributed by atoms with Gasteiger partial charge in [0.2, 0.25) is 0 Å². The predicted molar refractivity (Wildman–Crippen MR) is 155 cm³/mol. The van der Waals surface area contributed by atoms with Gasteiger partial charge in [-0.15, -0.1) is 11.3 Å². The van der Waals surface area contributed by atoms with E-state index in [0.717, 1.165) is 16.9 Å². The summed E-state index contributed by atoms with van der Waals surface area (Å²) in [4.78, 5) is 0. The molecule has 8 rings (SSSR count). The normalized spacial score (nSPS) is 11.9. The minimum absolute atomic E-state index is 0.916. The Bertz CT molecular complexity index is 2040. The van der Waals surface area contributed by atoms with Crippen LogP contribution in [0.4, 0.5) is 0 Å². The van der Waals surface area contributed by atoms with Crippen molar-refractivity contribution in [2.45, 2.75) is 0 Å². The lowest BCUT2D eigenvalue weighted by Crippen LogP contribution is -1.89. The summed E-state index contributed by atoms with van der Waals surface area (Å²) in [5, 5.41) is 8.66. The van der Waals surface area contributed by atoms with Crippen molar-refractivity contribution in [3.05, 3.63) is 121 Å². The average Bonchev–Trinajstić information content (AvgIpc) is 3.53. The third kappa shape index (κ3) is 2.76. The van der Waals surface area contributed by atoms with Crippen LogP contribution in [0.25, 0.3) is 75.1 Å². The van der Waals surface area contributed by atoms with Crippen molar-refractivity contribution in [2.75, 3.05) is 0 Å². The topological polar surface area (TPSA) is 13.1 Å². The van der Waals surface area contributed by atoms with E-state index in [0.29, 0.717) is 0 Å². The van der Waals surface area contributed by atoms with Gasteiger partial charge in [-0.25, -0.2) is 0 Å². The lowest BCUT2D eigenvalue weighted by Gasteiger charge is -2.16. The summed E-state index contributed by atoms with van der Waals surface area (Å²) in [6, 6.07) is 43.4. The molecule has 0 aliphatic rings. The highest BCUT2D eigenvalue weighted by Gasteiger charge is 2.20. The van der Waals surface area contributed by atoms with Gasteiger partial charge < -0.3 is 4.42 Å². The molecule has 0 saturated heterocycles. The number of benzene rings is 6. The highest BCUT2D eigenvalue weighted by molar-refractivity contribution is 7.26. The number of fused-ring (bicyclic) bond motifs is 7. The summed E-state index contributed by atoms with van der Waals surface area (Å²) in [5.74, 6) is 0.916. The molecule has 0 bridgehead atoms. The molecule has 8 aromatic rings. The molecule has 0 spiro atoms. The monoisotopic (exact) mass is 476 g/mol. The Balaban J connectivity index is 1.52. The largest absolute Gasteiger partial charge is 0.456 e. The lowest BCUT2D eigenvalue weighted by molar-refractivity contribution is 0.633. The molecule has 1 nitrogen and oxygen atoms in total. The molecule has 6 aromatic carbocycles. The molecular weight excluding hydrogens is 456 g/mol. The molecule has 0 amide bonds. The van der Waals surface area contributed by atoms with E-state index in [1.807, 2.05) is 11.3 Å². The van der Waals surface area contributed by atoms with Crippen LogP contribution in [0.1, 0.15) is 0 Å². The van der Waals surface area contributed by atoms with Crippen LogP contribution in [0, 0.1) is 0 Å². The van der Waals surface area contributed by atoms with Crippen molar-refractivity contribution >= 4 is 64.0 Å². The van der Waals surface area contributed by atoms with Crippen LogP contribution in [-0.4, -0.2) is 0 Å². The maximum atomic E-state index is 6.65. The SMILES string of the molecule is c1ccc(-c2c3ccccc3c(-c3cc4c(ccc5sc6ccccc6c54)o3)c3ccccc23)cc1. The number of hydrogen-bond acceptors (Lipinski definition) is 2. The Morgan fingerprint density at radius 2 is 1.03 bits per heavy atom. The number of furan rings is 1. The molecule has 168 valence electrons. The van der Waals surface area contributed by atoms with Crippen LogP contribution >= 0.6 is 11.3 Å². The van der Waals surface area contributed by atoms with Gasteiger partial charge in [0.25, 0.3) is 0 Å². The molecule has 0 aliphatic carbocycles. The zero-order valence-corrected chi connectivity index (χ0v) is 20.2. The zero-order chi connectivity index (χ0) is 23.6. The number of rotatable bonds is 2. The summed E-state index contributed by atoms with van der Waals surface area (Å²) >= 11 is 1.84. The van der Waals surface area contributed by atoms with Gasteiger partial charge in [0.05, 0.1) is 0 Å². The van der Waals surface area contributed by atoms with Gasteiger partial charge in [0, 0.05) is 31.1 Å². The number of hydrogen-bond donors (Lipinski definition) is 0. The third-order valence-electron chi connectivity index (χ3n) is 7.28. The second kappa shape index (κ2) is 7.55. The first-order valence-corrected chi connectivity index (χ1v) is 13.0. The first-order valence-electron chi connectivity index (χ1n) is 12.2. The molecule has 0 atom stereocenters. The molecule has 0 fully saturated rings. The summed E-state index contributed by atoms with van der Waals surface area (Å²) in [5.41, 5.74) is 4.59. The zero-order valence-electron chi connectivity index (χ0n) is 19.4. The molecule has 0 radical (unpaired) electrons. The minimum Gasteiger partial charge on any atom is -0.456 e. The molecular formula is C34H20OS. The van der Waals surface area contributed by atoms with E-state index in [-0.39, 0.29) is 0 Å². The molecule has 0 saturated carbocycles. The number of thiophene rings is 1. The van der Waals surface area contributed by atoms with E-state index in [2.05, 4.69) is 121 Å². The Morgan fingerprint density at radius 1 is 0.444 bits per heavy atom. The van der Waals surface area contributed by atoms with Gasteiger partial charge in [-0.2, -0.15) is 0 Å². The fourth-order valence-corrected chi connectivity index (χ4v) is 6.89.